The number of rotatable bonds is 3. The molecule has 0 unspecified atom stereocenters. The average Bonchev–Trinajstić information content (AvgIpc) is 2.90. The Hall–Kier alpha value is -1.95. The van der Waals surface area contributed by atoms with Crippen LogP contribution in [0.3, 0.4) is 0 Å². The number of thioether (sulfide) groups is 1. The van der Waals surface area contributed by atoms with Crippen molar-refractivity contribution in [3.63, 3.8) is 0 Å². The van der Waals surface area contributed by atoms with Crippen molar-refractivity contribution in [1.29, 1.82) is 0 Å². The fourth-order valence-corrected chi connectivity index (χ4v) is 3.04. The molecule has 0 amide bonds. The number of benzene rings is 1. The molecule has 1 aromatic heterocycles. The SMILES string of the molecule is Fc1ccc(N=C2SCCN2Cc2ccccn2)c(F)c1. The standard InChI is InChI=1S/C15H13F2N3S/c16-11-4-5-14(13(17)9-11)19-15-20(7-8-21-15)10-12-3-1-2-6-18-12/h1-6,9H,7-8,10H2. The monoisotopic (exact) mass is 305 g/mol. The highest BCUT2D eigenvalue weighted by Crippen LogP contribution is 2.26. The van der Waals surface area contributed by atoms with Crippen LogP contribution in [0.4, 0.5) is 14.5 Å². The van der Waals surface area contributed by atoms with Gasteiger partial charge >= 0.3 is 0 Å². The van der Waals surface area contributed by atoms with E-state index in [1.807, 2.05) is 18.2 Å². The van der Waals surface area contributed by atoms with E-state index in [0.29, 0.717) is 6.54 Å². The molecule has 1 aromatic carbocycles. The van der Waals surface area contributed by atoms with Gasteiger partial charge in [-0.2, -0.15) is 0 Å². The highest BCUT2D eigenvalue weighted by Gasteiger charge is 2.20. The van der Waals surface area contributed by atoms with Crippen LogP contribution in [-0.4, -0.2) is 27.3 Å². The first-order chi connectivity index (χ1) is 10.2. The molecular formula is C15H13F2N3S. The van der Waals surface area contributed by atoms with Crippen LogP contribution in [0.25, 0.3) is 0 Å². The molecule has 0 atom stereocenters. The Morgan fingerprint density at radius 2 is 2.14 bits per heavy atom. The molecule has 3 rings (SSSR count). The number of aromatic nitrogens is 1. The van der Waals surface area contributed by atoms with Gasteiger partial charge in [0.1, 0.15) is 11.5 Å². The predicted octanol–water partition coefficient (Wildman–Crippen LogP) is 3.60. The van der Waals surface area contributed by atoms with Gasteiger partial charge in [0.25, 0.3) is 0 Å². The van der Waals surface area contributed by atoms with E-state index >= 15 is 0 Å². The molecular weight excluding hydrogens is 292 g/mol. The van der Waals surface area contributed by atoms with E-state index in [0.717, 1.165) is 29.2 Å². The molecule has 2 aromatic rings. The van der Waals surface area contributed by atoms with Crippen LogP contribution in [-0.2, 0) is 6.54 Å². The molecule has 21 heavy (non-hydrogen) atoms. The minimum absolute atomic E-state index is 0.159. The van der Waals surface area contributed by atoms with Gasteiger partial charge in [-0.05, 0) is 24.3 Å². The summed E-state index contributed by atoms with van der Waals surface area (Å²) in [6, 6.07) is 9.16. The van der Waals surface area contributed by atoms with Crippen LogP contribution >= 0.6 is 11.8 Å². The van der Waals surface area contributed by atoms with E-state index in [2.05, 4.69) is 14.9 Å². The van der Waals surface area contributed by atoms with Crippen molar-refractivity contribution in [3.05, 3.63) is 59.9 Å². The molecule has 1 saturated heterocycles. The van der Waals surface area contributed by atoms with Crippen molar-refractivity contribution in [2.45, 2.75) is 6.54 Å². The van der Waals surface area contributed by atoms with E-state index in [1.54, 1.807) is 18.0 Å². The molecule has 2 heterocycles. The number of amidine groups is 1. The van der Waals surface area contributed by atoms with Crippen molar-refractivity contribution in [2.75, 3.05) is 12.3 Å². The van der Waals surface area contributed by atoms with Gasteiger partial charge in [0.2, 0.25) is 0 Å². The first-order valence-electron chi connectivity index (χ1n) is 6.54. The van der Waals surface area contributed by atoms with Gasteiger partial charge in [-0.15, -0.1) is 0 Å². The second-order valence-electron chi connectivity index (χ2n) is 4.58. The van der Waals surface area contributed by atoms with E-state index in [1.165, 1.54) is 12.1 Å². The first kappa shape index (κ1) is 14.0. The number of hydrogen-bond acceptors (Lipinski definition) is 3. The largest absolute Gasteiger partial charge is 0.344 e. The van der Waals surface area contributed by atoms with Crippen molar-refractivity contribution in [3.8, 4) is 0 Å². The molecule has 1 fully saturated rings. The summed E-state index contributed by atoms with van der Waals surface area (Å²) in [6.45, 7) is 1.47. The summed E-state index contributed by atoms with van der Waals surface area (Å²) in [4.78, 5) is 10.6. The van der Waals surface area contributed by atoms with Crippen molar-refractivity contribution in [2.24, 2.45) is 4.99 Å². The summed E-state index contributed by atoms with van der Waals surface area (Å²) in [6.07, 6.45) is 1.75. The Kier molecular flexibility index (Phi) is 4.15. The molecule has 0 radical (unpaired) electrons. The van der Waals surface area contributed by atoms with E-state index in [4.69, 9.17) is 0 Å². The molecule has 1 aliphatic heterocycles. The Labute approximate surface area is 125 Å². The van der Waals surface area contributed by atoms with Gasteiger partial charge in [0.15, 0.2) is 11.0 Å². The summed E-state index contributed by atoms with van der Waals surface area (Å²) in [5, 5.41) is 0.742. The molecule has 0 N–H and O–H groups in total. The molecule has 6 heteroatoms. The number of aliphatic imine (C=N–C) groups is 1. The number of halogens is 2. The first-order valence-corrected chi connectivity index (χ1v) is 7.52. The van der Waals surface area contributed by atoms with Crippen LogP contribution < -0.4 is 0 Å². The lowest BCUT2D eigenvalue weighted by Crippen LogP contribution is -2.24. The zero-order valence-corrected chi connectivity index (χ0v) is 12.0. The smallest absolute Gasteiger partial charge is 0.164 e. The zero-order chi connectivity index (χ0) is 14.7. The van der Waals surface area contributed by atoms with Crippen LogP contribution in [0.5, 0.6) is 0 Å². The third-order valence-corrected chi connectivity index (χ3v) is 4.06. The molecule has 0 aliphatic carbocycles. The quantitative estimate of drug-likeness (QED) is 0.867. The number of pyridine rings is 1. The third kappa shape index (κ3) is 3.39. The summed E-state index contributed by atoms with van der Waals surface area (Å²) in [5.74, 6) is -0.345. The molecule has 0 bridgehead atoms. The minimum Gasteiger partial charge on any atom is -0.344 e. The molecule has 0 saturated carbocycles. The van der Waals surface area contributed by atoms with E-state index in [9.17, 15) is 8.78 Å². The molecule has 1 aliphatic rings. The fraction of sp³-hybridized carbons (Fsp3) is 0.200. The Bertz CT molecular complexity index is 661. The highest BCUT2D eigenvalue weighted by atomic mass is 32.2. The minimum atomic E-state index is -0.646. The topological polar surface area (TPSA) is 28.5 Å². The second kappa shape index (κ2) is 6.22. The van der Waals surface area contributed by atoms with E-state index in [-0.39, 0.29) is 5.69 Å². The van der Waals surface area contributed by atoms with Crippen molar-refractivity contribution < 1.29 is 8.78 Å². The maximum absolute atomic E-state index is 13.7. The van der Waals surface area contributed by atoms with Gasteiger partial charge in [0, 0.05) is 24.6 Å². The van der Waals surface area contributed by atoms with Gasteiger partial charge in [0.05, 0.1) is 12.2 Å². The Morgan fingerprint density at radius 1 is 1.24 bits per heavy atom. The van der Waals surface area contributed by atoms with Gasteiger partial charge < -0.3 is 4.90 Å². The fourth-order valence-electron chi connectivity index (χ4n) is 2.05. The lowest BCUT2D eigenvalue weighted by Gasteiger charge is -2.17. The molecule has 108 valence electrons. The Morgan fingerprint density at radius 3 is 2.90 bits per heavy atom. The van der Waals surface area contributed by atoms with E-state index < -0.39 is 11.6 Å². The van der Waals surface area contributed by atoms with Crippen LogP contribution in [0, 0.1) is 11.6 Å². The van der Waals surface area contributed by atoms with Crippen LogP contribution in [0.15, 0.2) is 47.6 Å². The maximum Gasteiger partial charge on any atom is 0.164 e. The average molecular weight is 305 g/mol. The second-order valence-corrected chi connectivity index (χ2v) is 5.64. The van der Waals surface area contributed by atoms with Crippen molar-refractivity contribution in [1.82, 2.24) is 9.88 Å². The maximum atomic E-state index is 13.7. The van der Waals surface area contributed by atoms with Gasteiger partial charge in [-0.1, -0.05) is 17.8 Å². The summed E-state index contributed by atoms with van der Waals surface area (Å²) in [5.41, 5.74) is 1.10. The lowest BCUT2D eigenvalue weighted by molar-refractivity contribution is 0.450. The third-order valence-electron chi connectivity index (χ3n) is 3.07. The van der Waals surface area contributed by atoms with Gasteiger partial charge in [-0.25, -0.2) is 13.8 Å². The summed E-state index contributed by atoms with van der Waals surface area (Å²) >= 11 is 1.57. The van der Waals surface area contributed by atoms with Crippen molar-refractivity contribution >= 4 is 22.6 Å². The highest BCUT2D eigenvalue weighted by molar-refractivity contribution is 8.14. The van der Waals surface area contributed by atoms with Gasteiger partial charge in [-0.3, -0.25) is 4.98 Å². The lowest BCUT2D eigenvalue weighted by atomic mass is 10.3. The zero-order valence-electron chi connectivity index (χ0n) is 11.2. The number of hydrogen-bond donors (Lipinski definition) is 0. The Balaban J connectivity index is 1.81. The molecule has 3 nitrogen and oxygen atoms in total. The van der Waals surface area contributed by atoms with Crippen LogP contribution in [0.1, 0.15) is 5.69 Å². The summed E-state index contributed by atoms with van der Waals surface area (Å²) < 4.78 is 26.6. The predicted molar refractivity (Wildman–Crippen MR) is 80.6 cm³/mol. The number of nitrogens with zero attached hydrogens (tertiary/aromatic N) is 3. The van der Waals surface area contributed by atoms with Crippen LogP contribution in [0.2, 0.25) is 0 Å². The molecule has 0 spiro atoms. The normalized spacial score (nSPS) is 16.7. The summed E-state index contributed by atoms with van der Waals surface area (Å²) in [7, 11) is 0.